The van der Waals surface area contributed by atoms with Crippen LogP contribution in [0.25, 0.3) is 0 Å². The van der Waals surface area contributed by atoms with Crippen molar-refractivity contribution in [3.8, 4) is 0 Å². The lowest BCUT2D eigenvalue weighted by Gasteiger charge is -2.27. The predicted molar refractivity (Wildman–Crippen MR) is 100 cm³/mol. The Morgan fingerprint density at radius 1 is 1.11 bits per heavy atom. The molecule has 0 fully saturated rings. The second kappa shape index (κ2) is 6.81. The van der Waals surface area contributed by atoms with Gasteiger partial charge < -0.3 is 9.52 Å². The van der Waals surface area contributed by atoms with E-state index in [2.05, 4.69) is 0 Å². The standard InChI is InChI=1S/C22H16FNO4/c1-13-5-2-6-14(11-13)19-18(20(25)17-9-4-10-28-17)21(26)22(27)24(19)16-8-3-7-15(23)12-16/h2-12,19,26H,1H3. The number of rotatable bonds is 4. The second-order valence-electron chi connectivity index (χ2n) is 6.54. The summed E-state index contributed by atoms with van der Waals surface area (Å²) >= 11 is 0. The molecule has 1 aromatic heterocycles. The Hall–Kier alpha value is -3.67. The third-order valence-electron chi connectivity index (χ3n) is 4.64. The van der Waals surface area contributed by atoms with Gasteiger partial charge in [0.1, 0.15) is 5.82 Å². The Balaban J connectivity index is 1.91. The van der Waals surface area contributed by atoms with Crippen molar-refractivity contribution in [1.82, 2.24) is 0 Å². The van der Waals surface area contributed by atoms with E-state index in [0.29, 0.717) is 5.56 Å². The predicted octanol–water partition coefficient (Wildman–Crippen LogP) is 4.51. The first kappa shape index (κ1) is 17.7. The maximum absolute atomic E-state index is 13.8. The Morgan fingerprint density at radius 3 is 2.57 bits per heavy atom. The minimum absolute atomic E-state index is 0.00750. The van der Waals surface area contributed by atoms with Crippen molar-refractivity contribution in [2.45, 2.75) is 13.0 Å². The monoisotopic (exact) mass is 377 g/mol. The molecule has 1 aliphatic rings. The highest BCUT2D eigenvalue weighted by Crippen LogP contribution is 2.42. The van der Waals surface area contributed by atoms with Crippen molar-refractivity contribution in [1.29, 1.82) is 0 Å². The molecular formula is C22H16FNO4. The highest BCUT2D eigenvalue weighted by Gasteiger charge is 2.45. The van der Waals surface area contributed by atoms with Crippen molar-refractivity contribution < 1.29 is 23.5 Å². The third kappa shape index (κ3) is 2.89. The fourth-order valence-electron chi connectivity index (χ4n) is 3.43. The van der Waals surface area contributed by atoms with Gasteiger partial charge in [0.25, 0.3) is 5.91 Å². The van der Waals surface area contributed by atoms with Crippen molar-refractivity contribution >= 4 is 17.4 Å². The van der Waals surface area contributed by atoms with Crippen LogP contribution < -0.4 is 4.90 Å². The molecule has 0 saturated heterocycles. The molecule has 2 aromatic carbocycles. The van der Waals surface area contributed by atoms with Gasteiger partial charge in [0.2, 0.25) is 5.78 Å². The molecule has 0 aliphatic carbocycles. The molecule has 0 bridgehead atoms. The summed E-state index contributed by atoms with van der Waals surface area (Å²) < 4.78 is 19.0. The number of carbonyl (C=O) groups excluding carboxylic acids is 2. The number of furan rings is 1. The number of aryl methyl sites for hydroxylation is 1. The molecule has 1 unspecified atom stereocenters. The SMILES string of the molecule is Cc1cccc(C2C(C(=O)c3ccco3)=C(O)C(=O)N2c2cccc(F)c2)c1. The van der Waals surface area contributed by atoms with Gasteiger partial charge in [0.15, 0.2) is 11.5 Å². The van der Waals surface area contributed by atoms with E-state index in [1.54, 1.807) is 24.3 Å². The molecular weight excluding hydrogens is 361 g/mol. The Kier molecular flexibility index (Phi) is 4.31. The summed E-state index contributed by atoms with van der Waals surface area (Å²) in [5.74, 6) is -2.56. The molecule has 6 heteroatoms. The van der Waals surface area contributed by atoms with Crippen LogP contribution in [-0.2, 0) is 4.79 Å². The number of halogens is 1. The summed E-state index contributed by atoms with van der Waals surface area (Å²) in [7, 11) is 0. The van der Waals surface area contributed by atoms with Crippen molar-refractivity contribution in [3.05, 3.63) is 101 Å². The number of carbonyl (C=O) groups is 2. The highest BCUT2D eigenvalue weighted by molar-refractivity contribution is 6.20. The number of anilines is 1. The molecule has 1 aliphatic heterocycles. The van der Waals surface area contributed by atoms with Crippen LogP contribution in [0, 0.1) is 12.7 Å². The molecule has 1 N–H and O–H groups in total. The quantitative estimate of drug-likeness (QED) is 0.679. The van der Waals surface area contributed by atoms with Crippen molar-refractivity contribution in [2.75, 3.05) is 4.90 Å². The van der Waals surface area contributed by atoms with E-state index >= 15 is 0 Å². The minimum atomic E-state index is -0.910. The number of nitrogens with zero attached hydrogens (tertiary/aromatic N) is 1. The molecule has 5 nitrogen and oxygen atoms in total. The molecule has 140 valence electrons. The Labute approximate surface area is 160 Å². The average molecular weight is 377 g/mol. The second-order valence-corrected chi connectivity index (χ2v) is 6.54. The van der Waals surface area contributed by atoms with Gasteiger partial charge in [-0.3, -0.25) is 14.5 Å². The number of benzene rings is 2. The summed E-state index contributed by atoms with van der Waals surface area (Å²) in [5, 5.41) is 10.6. The lowest BCUT2D eigenvalue weighted by molar-refractivity contribution is -0.117. The molecule has 4 rings (SSSR count). The third-order valence-corrected chi connectivity index (χ3v) is 4.64. The van der Waals surface area contributed by atoms with Crippen LogP contribution in [0.4, 0.5) is 10.1 Å². The zero-order valence-corrected chi connectivity index (χ0v) is 14.9. The zero-order chi connectivity index (χ0) is 19.8. The first-order valence-electron chi connectivity index (χ1n) is 8.64. The van der Waals surface area contributed by atoms with Gasteiger partial charge in [0.05, 0.1) is 17.9 Å². The van der Waals surface area contributed by atoms with Crippen LogP contribution in [0.2, 0.25) is 0 Å². The van der Waals surface area contributed by atoms with Crippen LogP contribution in [0.5, 0.6) is 0 Å². The number of aliphatic hydroxyl groups is 1. The molecule has 0 saturated carbocycles. The largest absolute Gasteiger partial charge is 0.503 e. The number of aliphatic hydroxyl groups excluding tert-OH is 1. The summed E-state index contributed by atoms with van der Waals surface area (Å²) in [5.41, 5.74) is 1.68. The Bertz CT molecular complexity index is 1100. The lowest BCUT2D eigenvalue weighted by Crippen LogP contribution is -2.31. The van der Waals surface area contributed by atoms with Gasteiger partial charge in [-0.05, 0) is 42.8 Å². The topological polar surface area (TPSA) is 70.7 Å². The van der Waals surface area contributed by atoms with Crippen LogP contribution in [0.1, 0.15) is 27.7 Å². The lowest BCUT2D eigenvalue weighted by atomic mass is 9.94. The van der Waals surface area contributed by atoms with Gasteiger partial charge in [0, 0.05) is 5.69 Å². The number of hydrogen-bond donors (Lipinski definition) is 1. The van der Waals surface area contributed by atoms with Crippen molar-refractivity contribution in [3.63, 3.8) is 0 Å². The first-order valence-corrected chi connectivity index (χ1v) is 8.64. The molecule has 0 radical (unpaired) electrons. The number of hydrogen-bond acceptors (Lipinski definition) is 4. The van der Waals surface area contributed by atoms with E-state index in [0.717, 1.165) is 5.56 Å². The van der Waals surface area contributed by atoms with Crippen LogP contribution in [0.15, 0.2) is 82.7 Å². The van der Waals surface area contributed by atoms with Crippen LogP contribution >= 0.6 is 0 Å². The smallest absolute Gasteiger partial charge is 0.294 e. The number of amides is 1. The summed E-state index contributed by atoms with van der Waals surface area (Å²) in [6.07, 6.45) is 1.34. The fourth-order valence-corrected chi connectivity index (χ4v) is 3.43. The number of Topliss-reactive ketones (excluding diaryl/α,β-unsaturated/α-hetero) is 1. The van der Waals surface area contributed by atoms with Gasteiger partial charge >= 0.3 is 0 Å². The van der Waals surface area contributed by atoms with E-state index in [1.807, 2.05) is 19.1 Å². The van der Waals surface area contributed by atoms with E-state index in [4.69, 9.17) is 4.42 Å². The van der Waals surface area contributed by atoms with E-state index in [1.165, 1.54) is 35.4 Å². The van der Waals surface area contributed by atoms with Crippen LogP contribution in [0.3, 0.4) is 0 Å². The molecule has 0 spiro atoms. The summed E-state index contributed by atoms with van der Waals surface area (Å²) in [6.45, 7) is 1.88. The maximum atomic E-state index is 13.8. The average Bonchev–Trinajstić information content (AvgIpc) is 3.29. The van der Waals surface area contributed by atoms with Gasteiger partial charge in [-0.15, -0.1) is 0 Å². The molecule has 1 atom stereocenters. The highest BCUT2D eigenvalue weighted by atomic mass is 19.1. The summed E-state index contributed by atoms with van der Waals surface area (Å²) in [4.78, 5) is 27.1. The van der Waals surface area contributed by atoms with Gasteiger partial charge in [-0.2, -0.15) is 0 Å². The fraction of sp³-hybridized carbons (Fsp3) is 0.0909. The van der Waals surface area contributed by atoms with E-state index in [9.17, 15) is 19.1 Å². The minimum Gasteiger partial charge on any atom is -0.503 e. The maximum Gasteiger partial charge on any atom is 0.294 e. The molecule has 2 heterocycles. The van der Waals surface area contributed by atoms with Gasteiger partial charge in [-0.25, -0.2) is 4.39 Å². The van der Waals surface area contributed by atoms with Crippen LogP contribution in [-0.4, -0.2) is 16.8 Å². The molecule has 3 aromatic rings. The zero-order valence-electron chi connectivity index (χ0n) is 14.9. The number of ketones is 1. The van der Waals surface area contributed by atoms with Crippen molar-refractivity contribution in [2.24, 2.45) is 0 Å². The Morgan fingerprint density at radius 2 is 1.89 bits per heavy atom. The summed E-state index contributed by atoms with van der Waals surface area (Å²) in [6, 6.07) is 14.8. The molecule has 28 heavy (non-hydrogen) atoms. The van der Waals surface area contributed by atoms with Gasteiger partial charge in [-0.1, -0.05) is 35.9 Å². The first-order chi connectivity index (χ1) is 13.5. The van der Waals surface area contributed by atoms with E-state index < -0.39 is 29.3 Å². The van der Waals surface area contributed by atoms with E-state index in [-0.39, 0.29) is 17.0 Å². The normalized spacial score (nSPS) is 16.7. The molecule has 1 amide bonds.